The standard InChI is InChI=1S/C31H54NO10P/c1-3-5-7-8-9-10-11-12-13-14-15-16-17-18-19-20-21-23-30(35)40-24-27(33)25-41-43(38,39)42-26-28(31(36)37)32-29(34)22-6-4-2/h5,7,9-10,12-13,27-28,33H,3-4,6,8,11,14-26H2,1-2H3,(H,32,34)(H,36,37)(H,38,39)/b7-5-,10-9-,13-12-. The van der Waals surface area contributed by atoms with E-state index in [9.17, 15) is 34.1 Å². The number of carboxylic acids is 1. The Hall–Kier alpha value is -2.30. The molecule has 0 heterocycles. The quantitative estimate of drug-likeness (QED) is 0.0340. The number of esters is 1. The third kappa shape index (κ3) is 27.0. The summed E-state index contributed by atoms with van der Waals surface area (Å²) in [6.07, 6.45) is 24.9. The smallest absolute Gasteiger partial charge is 0.472 e. The molecule has 248 valence electrons. The van der Waals surface area contributed by atoms with E-state index in [4.69, 9.17) is 4.74 Å². The normalized spacial score (nSPS) is 14.7. The van der Waals surface area contributed by atoms with Crippen molar-refractivity contribution in [2.45, 2.75) is 122 Å². The van der Waals surface area contributed by atoms with Crippen molar-refractivity contribution in [1.82, 2.24) is 5.32 Å². The van der Waals surface area contributed by atoms with Crippen LogP contribution >= 0.6 is 7.82 Å². The van der Waals surface area contributed by atoms with E-state index in [2.05, 4.69) is 57.7 Å². The summed E-state index contributed by atoms with van der Waals surface area (Å²) in [7, 11) is -4.72. The Morgan fingerprint density at radius 2 is 1.35 bits per heavy atom. The molecule has 0 aromatic rings. The highest BCUT2D eigenvalue weighted by Crippen LogP contribution is 2.43. The number of allylic oxidation sites excluding steroid dienone is 6. The number of aliphatic hydroxyl groups excluding tert-OH is 1. The average molecular weight is 632 g/mol. The van der Waals surface area contributed by atoms with Crippen LogP contribution in [0.2, 0.25) is 0 Å². The van der Waals surface area contributed by atoms with Gasteiger partial charge in [0.1, 0.15) is 12.7 Å². The average Bonchev–Trinajstić information content (AvgIpc) is 2.97. The van der Waals surface area contributed by atoms with Crippen LogP contribution in [0, 0.1) is 0 Å². The van der Waals surface area contributed by atoms with Gasteiger partial charge in [0.15, 0.2) is 6.04 Å². The van der Waals surface area contributed by atoms with Crippen molar-refractivity contribution in [2.24, 2.45) is 0 Å². The van der Waals surface area contributed by atoms with Crippen molar-refractivity contribution >= 4 is 25.7 Å². The highest BCUT2D eigenvalue weighted by atomic mass is 31.2. The molecule has 0 aliphatic carbocycles. The maximum absolute atomic E-state index is 12.0. The van der Waals surface area contributed by atoms with Gasteiger partial charge in [-0.05, 0) is 44.9 Å². The van der Waals surface area contributed by atoms with Crippen LogP contribution in [0.25, 0.3) is 0 Å². The van der Waals surface area contributed by atoms with Crippen LogP contribution in [0.15, 0.2) is 36.5 Å². The summed E-state index contributed by atoms with van der Waals surface area (Å²) in [5, 5.41) is 21.3. The van der Waals surface area contributed by atoms with Gasteiger partial charge in [0, 0.05) is 12.8 Å². The Bertz CT molecular complexity index is 890. The minimum absolute atomic E-state index is 0.119. The minimum atomic E-state index is -4.72. The molecule has 1 amide bonds. The molecule has 0 aliphatic heterocycles. The second kappa shape index (κ2) is 27.3. The molecule has 0 aromatic carbocycles. The third-order valence-electron chi connectivity index (χ3n) is 6.19. The first kappa shape index (κ1) is 40.7. The Morgan fingerprint density at radius 3 is 1.98 bits per heavy atom. The molecule has 12 heteroatoms. The van der Waals surface area contributed by atoms with E-state index in [1.54, 1.807) is 0 Å². The van der Waals surface area contributed by atoms with Gasteiger partial charge < -0.3 is 25.2 Å². The molecule has 3 unspecified atom stereocenters. The van der Waals surface area contributed by atoms with Crippen molar-refractivity contribution < 1.29 is 47.8 Å². The molecular weight excluding hydrogens is 577 g/mol. The van der Waals surface area contributed by atoms with E-state index < -0.39 is 57.6 Å². The number of rotatable bonds is 28. The molecule has 43 heavy (non-hydrogen) atoms. The van der Waals surface area contributed by atoms with Gasteiger partial charge in [-0.25, -0.2) is 9.36 Å². The molecular formula is C31H54NO10P. The number of hydrogen-bond donors (Lipinski definition) is 4. The Kier molecular flexibility index (Phi) is 25.8. The molecule has 0 aliphatic rings. The van der Waals surface area contributed by atoms with Gasteiger partial charge in [-0.2, -0.15) is 0 Å². The van der Waals surface area contributed by atoms with E-state index >= 15 is 0 Å². The molecule has 0 radical (unpaired) electrons. The van der Waals surface area contributed by atoms with Crippen LogP contribution in [-0.2, 0) is 32.7 Å². The summed E-state index contributed by atoms with van der Waals surface area (Å²) < 4.78 is 26.3. The number of aliphatic carboxylic acids is 1. The van der Waals surface area contributed by atoms with Gasteiger partial charge in [-0.15, -0.1) is 0 Å². The number of carboxylic acid groups (broad SMARTS) is 1. The summed E-state index contributed by atoms with van der Waals surface area (Å²) in [6, 6.07) is -1.54. The highest BCUT2D eigenvalue weighted by Gasteiger charge is 2.28. The lowest BCUT2D eigenvalue weighted by molar-refractivity contribution is -0.147. The van der Waals surface area contributed by atoms with Gasteiger partial charge in [-0.3, -0.25) is 18.6 Å². The van der Waals surface area contributed by atoms with E-state index in [1.165, 1.54) is 12.8 Å². The molecule has 11 nitrogen and oxygen atoms in total. The summed E-state index contributed by atoms with van der Waals surface area (Å²) in [5.41, 5.74) is 0. The third-order valence-corrected chi connectivity index (χ3v) is 7.14. The first-order valence-electron chi connectivity index (χ1n) is 15.5. The Labute approximate surface area is 257 Å². The van der Waals surface area contributed by atoms with Gasteiger partial charge >= 0.3 is 19.8 Å². The SMILES string of the molecule is CC/C=C\C/C=C\C/C=C\CCCCCCCCCC(=O)OCC(O)COP(=O)(O)OCC(NC(=O)CCCC)C(=O)O. The van der Waals surface area contributed by atoms with Gasteiger partial charge in [0.05, 0.1) is 13.2 Å². The maximum atomic E-state index is 12.0. The minimum Gasteiger partial charge on any atom is -0.480 e. The number of carbonyl (C=O) groups is 3. The van der Waals surface area contributed by atoms with E-state index in [0.717, 1.165) is 57.8 Å². The van der Waals surface area contributed by atoms with Crippen molar-refractivity contribution in [3.05, 3.63) is 36.5 Å². The van der Waals surface area contributed by atoms with Crippen molar-refractivity contribution in [3.63, 3.8) is 0 Å². The lowest BCUT2D eigenvalue weighted by Gasteiger charge is -2.18. The van der Waals surface area contributed by atoms with Crippen LogP contribution in [0.3, 0.4) is 0 Å². The summed E-state index contributed by atoms with van der Waals surface area (Å²) in [6.45, 7) is 2.10. The first-order chi connectivity index (χ1) is 20.6. The van der Waals surface area contributed by atoms with Crippen LogP contribution in [0.4, 0.5) is 0 Å². The summed E-state index contributed by atoms with van der Waals surface area (Å²) in [5.74, 6) is -2.44. The largest absolute Gasteiger partial charge is 0.480 e. The topological polar surface area (TPSA) is 169 Å². The van der Waals surface area contributed by atoms with Gasteiger partial charge in [0.2, 0.25) is 5.91 Å². The van der Waals surface area contributed by atoms with Crippen LogP contribution < -0.4 is 5.32 Å². The lowest BCUT2D eigenvalue weighted by atomic mass is 10.1. The van der Waals surface area contributed by atoms with E-state index in [-0.39, 0.29) is 12.8 Å². The van der Waals surface area contributed by atoms with Crippen molar-refractivity contribution in [2.75, 3.05) is 19.8 Å². The summed E-state index contributed by atoms with van der Waals surface area (Å²) >= 11 is 0. The van der Waals surface area contributed by atoms with Crippen molar-refractivity contribution in [1.29, 1.82) is 0 Å². The predicted octanol–water partition coefficient (Wildman–Crippen LogP) is 6.15. The number of unbranched alkanes of at least 4 members (excludes halogenated alkanes) is 8. The maximum Gasteiger partial charge on any atom is 0.472 e. The molecule has 3 atom stereocenters. The highest BCUT2D eigenvalue weighted by molar-refractivity contribution is 7.47. The number of amides is 1. The van der Waals surface area contributed by atoms with E-state index in [0.29, 0.717) is 12.8 Å². The molecule has 0 rings (SSSR count). The number of phosphoric ester groups is 1. The molecule has 0 fully saturated rings. The number of phosphoric acid groups is 1. The fourth-order valence-electron chi connectivity index (χ4n) is 3.72. The monoisotopic (exact) mass is 631 g/mol. The summed E-state index contributed by atoms with van der Waals surface area (Å²) in [4.78, 5) is 44.6. The fraction of sp³-hybridized carbons (Fsp3) is 0.710. The first-order valence-corrected chi connectivity index (χ1v) is 17.0. The van der Waals surface area contributed by atoms with Gasteiger partial charge in [-0.1, -0.05) is 88.8 Å². The zero-order chi connectivity index (χ0) is 32.2. The number of aliphatic hydroxyl groups is 1. The molecule has 4 N–H and O–H groups in total. The molecule has 0 spiro atoms. The Balaban J connectivity index is 3.86. The fourth-order valence-corrected chi connectivity index (χ4v) is 4.49. The Morgan fingerprint density at radius 1 is 0.767 bits per heavy atom. The zero-order valence-corrected chi connectivity index (χ0v) is 26.9. The number of hydrogen-bond acceptors (Lipinski definition) is 8. The predicted molar refractivity (Wildman–Crippen MR) is 166 cm³/mol. The number of nitrogens with one attached hydrogen (secondary N) is 1. The van der Waals surface area contributed by atoms with Crippen LogP contribution in [-0.4, -0.2) is 64.9 Å². The second-order valence-corrected chi connectivity index (χ2v) is 11.7. The van der Waals surface area contributed by atoms with Crippen LogP contribution in [0.1, 0.15) is 110 Å². The second-order valence-electron chi connectivity index (χ2n) is 10.3. The molecule has 0 saturated carbocycles. The van der Waals surface area contributed by atoms with Crippen LogP contribution in [0.5, 0.6) is 0 Å². The molecule has 0 aromatic heterocycles. The van der Waals surface area contributed by atoms with Crippen molar-refractivity contribution in [3.8, 4) is 0 Å². The molecule has 0 saturated heterocycles. The lowest BCUT2D eigenvalue weighted by Crippen LogP contribution is -2.43. The van der Waals surface area contributed by atoms with E-state index in [1.807, 2.05) is 6.92 Å². The van der Waals surface area contributed by atoms with Gasteiger partial charge in [0.25, 0.3) is 0 Å². The number of ether oxygens (including phenoxy) is 1. The number of carbonyl (C=O) groups excluding carboxylic acids is 2. The molecule has 0 bridgehead atoms. The zero-order valence-electron chi connectivity index (χ0n) is 26.0.